The molecule has 0 saturated heterocycles. The van der Waals surface area contributed by atoms with E-state index in [4.69, 9.17) is 5.26 Å². The van der Waals surface area contributed by atoms with E-state index in [1.807, 2.05) is 24.3 Å². The molecule has 7 heteroatoms. The van der Waals surface area contributed by atoms with Crippen molar-refractivity contribution in [2.24, 2.45) is 0 Å². The largest absolute Gasteiger partial charge is 0.360 e. The van der Waals surface area contributed by atoms with Crippen LogP contribution in [-0.4, -0.2) is 15.9 Å². The Kier molecular flexibility index (Phi) is 4.41. The molecule has 0 radical (unpaired) electrons. The van der Waals surface area contributed by atoms with Crippen molar-refractivity contribution in [3.8, 4) is 12.1 Å². The summed E-state index contributed by atoms with van der Waals surface area (Å²) >= 11 is 0. The molecule has 3 aromatic rings. The molecule has 2 aromatic carbocycles. The van der Waals surface area contributed by atoms with Gasteiger partial charge in [0.15, 0.2) is 0 Å². The molecule has 0 aliphatic rings. The second-order valence-electron chi connectivity index (χ2n) is 5.06. The number of imidazole rings is 1. The Labute approximate surface area is 143 Å². The molecule has 3 rings (SSSR count). The van der Waals surface area contributed by atoms with Gasteiger partial charge in [-0.25, -0.2) is 4.98 Å². The Hall–Kier alpha value is -4.10. The Balaban J connectivity index is 1.76. The molecule has 0 unspecified atom stereocenters. The highest BCUT2D eigenvalue weighted by molar-refractivity contribution is 6.07. The topological polar surface area (TPSA) is 117 Å². The second-order valence-corrected chi connectivity index (χ2v) is 5.06. The van der Waals surface area contributed by atoms with E-state index in [0.717, 1.165) is 11.0 Å². The fraction of sp³-hybridized carbons (Fsp3) is 0. The third-order valence-corrected chi connectivity index (χ3v) is 3.46. The number of nitriles is 2. The average Bonchev–Trinajstić information content (AvgIpc) is 3.10. The summed E-state index contributed by atoms with van der Waals surface area (Å²) in [6.07, 6.45) is 2.91. The molecule has 25 heavy (non-hydrogen) atoms. The van der Waals surface area contributed by atoms with Gasteiger partial charge in [-0.15, -0.1) is 0 Å². The van der Waals surface area contributed by atoms with Gasteiger partial charge in [0.25, 0.3) is 5.91 Å². The number of nitrogens with one attached hydrogen (secondary N) is 3. The van der Waals surface area contributed by atoms with Crippen LogP contribution in [-0.2, 0) is 4.79 Å². The standard InChI is InChI=1S/C18H12N6O/c19-8-12-3-1-2-4-15(12)24-18(25)13(9-20)10-21-14-5-6-16-17(7-14)23-11-22-16/h1-7,10-11,21H,(H,22,23)(H,24,25)/b13-10-. The lowest BCUT2D eigenvalue weighted by Gasteiger charge is -2.06. The number of hydrogen-bond donors (Lipinski definition) is 3. The zero-order valence-corrected chi connectivity index (χ0v) is 12.9. The van der Waals surface area contributed by atoms with E-state index in [9.17, 15) is 10.1 Å². The van der Waals surface area contributed by atoms with Crippen LogP contribution in [0.15, 0.2) is 60.6 Å². The third-order valence-electron chi connectivity index (χ3n) is 3.46. The maximum atomic E-state index is 12.2. The van der Waals surface area contributed by atoms with E-state index in [1.165, 1.54) is 6.20 Å². The lowest BCUT2D eigenvalue weighted by Crippen LogP contribution is -2.15. The molecule has 1 heterocycles. The van der Waals surface area contributed by atoms with Crippen molar-refractivity contribution < 1.29 is 4.79 Å². The van der Waals surface area contributed by atoms with Gasteiger partial charge in [-0.3, -0.25) is 4.79 Å². The maximum Gasteiger partial charge on any atom is 0.267 e. The number of nitrogens with zero attached hydrogens (tertiary/aromatic N) is 3. The SMILES string of the molecule is N#C/C(=C/Nc1ccc2nc[nH]c2c1)C(=O)Nc1ccccc1C#N. The van der Waals surface area contributed by atoms with Gasteiger partial charge in [0.05, 0.1) is 28.6 Å². The molecule has 3 N–H and O–H groups in total. The molecular formula is C18H12N6O. The van der Waals surface area contributed by atoms with Gasteiger partial charge in [-0.05, 0) is 30.3 Å². The summed E-state index contributed by atoms with van der Waals surface area (Å²) in [5, 5.41) is 23.7. The Morgan fingerprint density at radius 2 is 2.04 bits per heavy atom. The summed E-state index contributed by atoms with van der Waals surface area (Å²) in [6.45, 7) is 0. The molecular weight excluding hydrogens is 316 g/mol. The minimum Gasteiger partial charge on any atom is -0.360 e. The maximum absolute atomic E-state index is 12.2. The van der Waals surface area contributed by atoms with Gasteiger partial charge >= 0.3 is 0 Å². The van der Waals surface area contributed by atoms with Crippen LogP contribution >= 0.6 is 0 Å². The van der Waals surface area contributed by atoms with Gasteiger partial charge < -0.3 is 15.6 Å². The number of amides is 1. The number of benzene rings is 2. The van der Waals surface area contributed by atoms with E-state index in [-0.39, 0.29) is 5.57 Å². The summed E-state index contributed by atoms with van der Waals surface area (Å²) < 4.78 is 0. The zero-order valence-electron chi connectivity index (χ0n) is 12.9. The van der Waals surface area contributed by atoms with Crippen LogP contribution in [0, 0.1) is 22.7 Å². The highest BCUT2D eigenvalue weighted by Crippen LogP contribution is 2.17. The molecule has 0 bridgehead atoms. The summed E-state index contributed by atoms with van der Waals surface area (Å²) in [4.78, 5) is 19.3. The predicted molar refractivity (Wildman–Crippen MR) is 93.2 cm³/mol. The van der Waals surface area contributed by atoms with Gasteiger partial charge in [-0.1, -0.05) is 12.1 Å². The van der Waals surface area contributed by atoms with Crippen molar-refractivity contribution in [2.75, 3.05) is 10.6 Å². The number of aromatic nitrogens is 2. The van der Waals surface area contributed by atoms with Gasteiger partial charge in [0, 0.05) is 11.9 Å². The van der Waals surface area contributed by atoms with Crippen molar-refractivity contribution in [3.63, 3.8) is 0 Å². The molecule has 7 nitrogen and oxygen atoms in total. The molecule has 1 amide bonds. The van der Waals surface area contributed by atoms with E-state index >= 15 is 0 Å². The number of anilines is 2. The minimum atomic E-state index is -0.597. The number of aromatic amines is 1. The summed E-state index contributed by atoms with van der Waals surface area (Å²) in [6, 6.07) is 15.8. The predicted octanol–water partition coefficient (Wildman–Crippen LogP) is 2.89. The molecule has 0 atom stereocenters. The van der Waals surface area contributed by atoms with Crippen molar-refractivity contribution in [1.29, 1.82) is 10.5 Å². The fourth-order valence-corrected chi connectivity index (χ4v) is 2.21. The van der Waals surface area contributed by atoms with Gasteiger partial charge in [0.1, 0.15) is 17.7 Å². The number of fused-ring (bicyclic) bond motifs is 1. The highest BCUT2D eigenvalue weighted by Gasteiger charge is 2.11. The monoisotopic (exact) mass is 328 g/mol. The Morgan fingerprint density at radius 3 is 2.84 bits per heavy atom. The Morgan fingerprint density at radius 1 is 1.20 bits per heavy atom. The molecule has 1 aromatic heterocycles. The number of hydrogen-bond acceptors (Lipinski definition) is 5. The molecule has 0 aliphatic carbocycles. The van der Waals surface area contributed by atoms with Crippen molar-refractivity contribution >= 4 is 28.3 Å². The van der Waals surface area contributed by atoms with E-state index in [0.29, 0.717) is 16.9 Å². The number of carbonyl (C=O) groups is 1. The third kappa shape index (κ3) is 3.46. The highest BCUT2D eigenvalue weighted by atomic mass is 16.1. The van der Waals surface area contributed by atoms with Crippen molar-refractivity contribution in [3.05, 3.63) is 66.1 Å². The molecule has 120 valence electrons. The smallest absolute Gasteiger partial charge is 0.267 e. The molecule has 0 aliphatic heterocycles. The lowest BCUT2D eigenvalue weighted by atomic mass is 10.2. The zero-order chi connectivity index (χ0) is 17.6. The van der Waals surface area contributed by atoms with Crippen molar-refractivity contribution in [2.45, 2.75) is 0 Å². The van der Waals surface area contributed by atoms with Crippen LogP contribution in [0.3, 0.4) is 0 Å². The van der Waals surface area contributed by atoms with Crippen molar-refractivity contribution in [1.82, 2.24) is 9.97 Å². The van der Waals surface area contributed by atoms with E-state index in [1.54, 1.807) is 36.7 Å². The first-order valence-electron chi connectivity index (χ1n) is 7.31. The average molecular weight is 328 g/mol. The first-order chi connectivity index (χ1) is 12.2. The first kappa shape index (κ1) is 15.8. The summed E-state index contributed by atoms with van der Waals surface area (Å²) in [5.74, 6) is -0.597. The number of para-hydroxylation sites is 1. The van der Waals surface area contributed by atoms with E-state index in [2.05, 4.69) is 20.6 Å². The summed E-state index contributed by atoms with van der Waals surface area (Å²) in [5.41, 5.74) is 2.93. The Bertz CT molecular complexity index is 1050. The van der Waals surface area contributed by atoms with E-state index < -0.39 is 5.91 Å². The molecule has 0 fully saturated rings. The van der Waals surface area contributed by atoms with Crippen LogP contribution in [0.5, 0.6) is 0 Å². The minimum absolute atomic E-state index is 0.113. The number of H-pyrrole nitrogens is 1. The lowest BCUT2D eigenvalue weighted by molar-refractivity contribution is -0.112. The van der Waals surface area contributed by atoms with Crippen LogP contribution < -0.4 is 10.6 Å². The second kappa shape index (κ2) is 6.99. The first-order valence-corrected chi connectivity index (χ1v) is 7.31. The molecule has 0 saturated carbocycles. The molecule has 0 spiro atoms. The van der Waals surface area contributed by atoms with Gasteiger partial charge in [0.2, 0.25) is 0 Å². The van der Waals surface area contributed by atoms with Crippen LogP contribution in [0.4, 0.5) is 11.4 Å². The quantitative estimate of drug-likeness (QED) is 0.503. The van der Waals surface area contributed by atoms with Gasteiger partial charge in [-0.2, -0.15) is 10.5 Å². The normalized spacial score (nSPS) is 10.7. The fourth-order valence-electron chi connectivity index (χ4n) is 2.21. The van der Waals surface area contributed by atoms with Crippen LogP contribution in [0.2, 0.25) is 0 Å². The number of carbonyl (C=O) groups excluding carboxylic acids is 1. The number of rotatable bonds is 4. The van der Waals surface area contributed by atoms with Crippen LogP contribution in [0.1, 0.15) is 5.56 Å². The summed E-state index contributed by atoms with van der Waals surface area (Å²) in [7, 11) is 0. The van der Waals surface area contributed by atoms with Crippen LogP contribution in [0.25, 0.3) is 11.0 Å².